The molecule has 0 bridgehead atoms. The number of hydrogen-bond donors (Lipinski definition) is 2. The molecule has 6 nitrogen and oxygen atoms in total. The van der Waals surface area contributed by atoms with Crippen molar-refractivity contribution >= 4 is 23.4 Å². The Kier molecular flexibility index (Phi) is 7.92. The highest BCUT2D eigenvalue weighted by Crippen LogP contribution is 2.27. The van der Waals surface area contributed by atoms with Crippen LogP contribution in [0, 0.1) is 24.2 Å². The largest absolute Gasteiger partial charge is 0.463 e. The number of nitrogens with zero attached hydrogens (tertiary/aromatic N) is 1. The molecule has 2 atom stereocenters. The lowest BCUT2D eigenvalue weighted by Gasteiger charge is -2.21. The maximum absolute atomic E-state index is 12.9. The van der Waals surface area contributed by atoms with E-state index in [1.165, 1.54) is 0 Å². The fraction of sp³-hybridized carbons (Fsp3) is 0.269. The summed E-state index contributed by atoms with van der Waals surface area (Å²) in [6, 6.07) is 18.2. The molecular formula is C26H26ClN3O3. The third-order valence-corrected chi connectivity index (χ3v) is 5.45. The van der Waals surface area contributed by atoms with Gasteiger partial charge in [0.25, 0.3) is 5.91 Å². The number of benzene rings is 2. The second-order valence-electron chi connectivity index (χ2n) is 8.23. The minimum Gasteiger partial charge on any atom is -0.463 e. The smallest absolute Gasteiger partial charge is 0.251 e. The average molecular weight is 464 g/mol. The van der Waals surface area contributed by atoms with E-state index in [4.69, 9.17) is 16.0 Å². The van der Waals surface area contributed by atoms with Crippen molar-refractivity contribution in [2.24, 2.45) is 5.92 Å². The zero-order chi connectivity index (χ0) is 24.0. The highest BCUT2D eigenvalue weighted by Gasteiger charge is 2.26. The molecule has 0 radical (unpaired) electrons. The molecule has 0 saturated heterocycles. The van der Waals surface area contributed by atoms with Crippen LogP contribution in [0.15, 0.2) is 65.1 Å². The number of amides is 2. The number of halogens is 1. The molecule has 1 heterocycles. The van der Waals surface area contributed by atoms with Gasteiger partial charge in [-0.15, -0.1) is 0 Å². The molecule has 0 aliphatic heterocycles. The molecule has 3 aromatic rings. The van der Waals surface area contributed by atoms with E-state index in [0.29, 0.717) is 28.5 Å². The van der Waals surface area contributed by atoms with Crippen molar-refractivity contribution in [2.45, 2.75) is 39.3 Å². The fourth-order valence-corrected chi connectivity index (χ4v) is 3.70. The van der Waals surface area contributed by atoms with Gasteiger partial charge in [0.2, 0.25) is 5.91 Å². The van der Waals surface area contributed by atoms with Gasteiger partial charge in [0.05, 0.1) is 6.07 Å². The maximum Gasteiger partial charge on any atom is 0.251 e. The standard InChI is InChI=1S/C26H26ClN3O3/c1-16(2)14-22(26(32)30-23(15-28)24-13-8-17(3)33-24)29-25(31)19-11-9-18(10-12-19)20-6-4-5-7-21(20)27/h4-13,16,22-23H,14H2,1-3H3,(H,29,31)(H,30,32)/t22-,23?/m0/s1. The number of aryl methyl sites for hydroxylation is 1. The maximum atomic E-state index is 12.9. The van der Waals surface area contributed by atoms with Crippen LogP contribution in [0.25, 0.3) is 11.1 Å². The number of nitriles is 1. The van der Waals surface area contributed by atoms with Gasteiger partial charge in [-0.3, -0.25) is 9.59 Å². The first kappa shape index (κ1) is 24.1. The first-order valence-corrected chi connectivity index (χ1v) is 11.1. The molecule has 2 amide bonds. The van der Waals surface area contributed by atoms with Gasteiger partial charge < -0.3 is 15.1 Å². The number of carbonyl (C=O) groups excluding carboxylic acids is 2. The van der Waals surface area contributed by atoms with Gasteiger partial charge in [-0.1, -0.05) is 55.8 Å². The van der Waals surface area contributed by atoms with Crippen molar-refractivity contribution < 1.29 is 14.0 Å². The minimum absolute atomic E-state index is 0.148. The lowest BCUT2D eigenvalue weighted by atomic mass is 10.0. The van der Waals surface area contributed by atoms with Gasteiger partial charge in [-0.2, -0.15) is 5.26 Å². The van der Waals surface area contributed by atoms with Gasteiger partial charge in [0.15, 0.2) is 6.04 Å². The van der Waals surface area contributed by atoms with E-state index in [0.717, 1.165) is 11.1 Å². The van der Waals surface area contributed by atoms with Crippen LogP contribution >= 0.6 is 11.6 Å². The number of nitrogens with one attached hydrogen (secondary N) is 2. The van der Waals surface area contributed by atoms with E-state index in [1.807, 2.05) is 56.3 Å². The van der Waals surface area contributed by atoms with Crippen molar-refractivity contribution in [3.63, 3.8) is 0 Å². The van der Waals surface area contributed by atoms with E-state index in [1.54, 1.807) is 31.2 Å². The van der Waals surface area contributed by atoms with Crippen LogP contribution in [-0.4, -0.2) is 17.9 Å². The fourth-order valence-electron chi connectivity index (χ4n) is 3.46. The Hall–Kier alpha value is -3.56. The molecule has 2 aromatic carbocycles. The zero-order valence-corrected chi connectivity index (χ0v) is 19.5. The van der Waals surface area contributed by atoms with Crippen LogP contribution < -0.4 is 10.6 Å². The second-order valence-corrected chi connectivity index (χ2v) is 8.64. The normalized spacial score (nSPS) is 12.6. The number of carbonyl (C=O) groups is 2. The van der Waals surface area contributed by atoms with Crippen LogP contribution in [-0.2, 0) is 4.79 Å². The molecule has 2 N–H and O–H groups in total. The Morgan fingerprint density at radius 1 is 1.03 bits per heavy atom. The Balaban J connectivity index is 1.72. The van der Waals surface area contributed by atoms with Crippen LogP contribution in [0.2, 0.25) is 5.02 Å². The molecule has 1 unspecified atom stereocenters. The van der Waals surface area contributed by atoms with Gasteiger partial charge in [0.1, 0.15) is 17.6 Å². The Morgan fingerprint density at radius 3 is 2.30 bits per heavy atom. The van der Waals surface area contributed by atoms with Crippen molar-refractivity contribution in [1.82, 2.24) is 10.6 Å². The van der Waals surface area contributed by atoms with Crippen molar-refractivity contribution in [2.75, 3.05) is 0 Å². The molecule has 33 heavy (non-hydrogen) atoms. The SMILES string of the molecule is Cc1ccc(C(C#N)NC(=O)[C@H](CC(C)C)NC(=O)c2ccc(-c3ccccc3Cl)cc2)o1. The molecule has 7 heteroatoms. The summed E-state index contributed by atoms with van der Waals surface area (Å²) in [5, 5.41) is 15.6. The Bertz CT molecular complexity index is 1160. The summed E-state index contributed by atoms with van der Waals surface area (Å²) < 4.78 is 5.47. The quantitative estimate of drug-likeness (QED) is 0.465. The topological polar surface area (TPSA) is 95.1 Å². The Labute approximate surface area is 198 Å². The molecule has 3 rings (SSSR count). The summed E-state index contributed by atoms with van der Waals surface area (Å²) in [7, 11) is 0. The third-order valence-electron chi connectivity index (χ3n) is 5.12. The van der Waals surface area contributed by atoms with E-state index in [-0.39, 0.29) is 11.8 Å². The monoisotopic (exact) mass is 463 g/mol. The van der Waals surface area contributed by atoms with E-state index in [9.17, 15) is 14.9 Å². The van der Waals surface area contributed by atoms with Gasteiger partial charge in [-0.05, 0) is 55.2 Å². The van der Waals surface area contributed by atoms with E-state index >= 15 is 0 Å². The summed E-state index contributed by atoms with van der Waals surface area (Å²) in [5.74, 6) is 0.337. The van der Waals surface area contributed by atoms with Crippen LogP contribution in [0.3, 0.4) is 0 Å². The lowest BCUT2D eigenvalue weighted by Crippen LogP contribution is -2.48. The first-order chi connectivity index (χ1) is 15.8. The van der Waals surface area contributed by atoms with Gasteiger partial charge >= 0.3 is 0 Å². The molecule has 1 aromatic heterocycles. The number of hydrogen-bond acceptors (Lipinski definition) is 4. The lowest BCUT2D eigenvalue weighted by molar-refractivity contribution is -0.123. The molecule has 0 saturated carbocycles. The van der Waals surface area contributed by atoms with E-state index in [2.05, 4.69) is 10.6 Å². The zero-order valence-electron chi connectivity index (χ0n) is 18.8. The molecule has 0 fully saturated rings. The molecule has 170 valence electrons. The van der Waals surface area contributed by atoms with Gasteiger partial charge in [0, 0.05) is 16.1 Å². The number of furan rings is 1. The second kappa shape index (κ2) is 10.8. The summed E-state index contributed by atoms with van der Waals surface area (Å²) in [6.07, 6.45) is 0.421. The van der Waals surface area contributed by atoms with Crippen LogP contribution in [0.4, 0.5) is 0 Å². The highest BCUT2D eigenvalue weighted by atomic mass is 35.5. The molecule has 0 aliphatic rings. The summed E-state index contributed by atoms with van der Waals surface area (Å²) in [4.78, 5) is 25.8. The summed E-state index contributed by atoms with van der Waals surface area (Å²) >= 11 is 6.26. The van der Waals surface area contributed by atoms with Crippen molar-refractivity contribution in [3.8, 4) is 17.2 Å². The summed E-state index contributed by atoms with van der Waals surface area (Å²) in [5.41, 5.74) is 2.18. The summed E-state index contributed by atoms with van der Waals surface area (Å²) in [6.45, 7) is 5.68. The number of rotatable bonds is 8. The molecule has 0 aliphatic carbocycles. The van der Waals surface area contributed by atoms with Crippen LogP contribution in [0.1, 0.15) is 48.2 Å². The highest BCUT2D eigenvalue weighted by molar-refractivity contribution is 6.33. The molecule has 0 spiro atoms. The predicted octanol–water partition coefficient (Wildman–Crippen LogP) is 5.43. The van der Waals surface area contributed by atoms with Crippen molar-refractivity contribution in [1.29, 1.82) is 5.26 Å². The average Bonchev–Trinajstić information content (AvgIpc) is 3.23. The van der Waals surface area contributed by atoms with Gasteiger partial charge in [-0.25, -0.2) is 0 Å². The Morgan fingerprint density at radius 2 is 1.73 bits per heavy atom. The van der Waals surface area contributed by atoms with Crippen LogP contribution in [0.5, 0.6) is 0 Å². The third kappa shape index (κ3) is 6.24. The van der Waals surface area contributed by atoms with Crippen molar-refractivity contribution in [3.05, 3.63) is 82.8 Å². The minimum atomic E-state index is -0.937. The predicted molar refractivity (Wildman–Crippen MR) is 128 cm³/mol. The van der Waals surface area contributed by atoms with E-state index < -0.39 is 18.0 Å². The first-order valence-electron chi connectivity index (χ1n) is 10.7. The molecular weight excluding hydrogens is 438 g/mol.